The van der Waals surface area contributed by atoms with E-state index in [1.165, 1.54) is 0 Å². The summed E-state index contributed by atoms with van der Waals surface area (Å²) in [5.41, 5.74) is 7.93. The number of hydrogen-bond acceptors (Lipinski definition) is 3. The molecule has 7 rings (SSSR count). The summed E-state index contributed by atoms with van der Waals surface area (Å²) in [6, 6.07) is 38.7. The lowest BCUT2D eigenvalue weighted by Gasteiger charge is -2.09. The molecule has 0 amide bonds. The maximum Gasteiger partial charge on any atom is 0.136 e. The molecule has 0 saturated heterocycles. The van der Waals surface area contributed by atoms with Crippen molar-refractivity contribution in [3.63, 3.8) is 0 Å². The second kappa shape index (κ2) is 7.60. The summed E-state index contributed by atoms with van der Waals surface area (Å²) in [4.78, 5) is 0. The number of rotatable bonds is 2. The number of aromatic nitrogens is 1. The zero-order valence-corrected chi connectivity index (χ0v) is 19.1. The van der Waals surface area contributed by atoms with Crippen LogP contribution in [0.15, 0.2) is 108 Å². The third kappa shape index (κ3) is 2.92. The van der Waals surface area contributed by atoms with Crippen molar-refractivity contribution in [3.05, 3.63) is 114 Å². The molecule has 4 heteroatoms. The van der Waals surface area contributed by atoms with Gasteiger partial charge >= 0.3 is 0 Å². The van der Waals surface area contributed by atoms with Gasteiger partial charge in [0, 0.05) is 27.2 Å². The highest BCUT2D eigenvalue weighted by Gasteiger charge is 2.15. The van der Waals surface area contributed by atoms with E-state index >= 15 is 0 Å². The number of furan rings is 1. The highest BCUT2D eigenvalue weighted by Crippen LogP contribution is 2.37. The minimum absolute atomic E-state index is 0.592. The van der Waals surface area contributed by atoms with Crippen LogP contribution in [0, 0.1) is 22.7 Å². The summed E-state index contributed by atoms with van der Waals surface area (Å²) in [6.07, 6.45) is 0. The van der Waals surface area contributed by atoms with Gasteiger partial charge in [0.15, 0.2) is 0 Å². The van der Waals surface area contributed by atoms with E-state index in [-0.39, 0.29) is 0 Å². The Kier molecular flexibility index (Phi) is 4.24. The van der Waals surface area contributed by atoms with Gasteiger partial charge in [-0.05, 0) is 71.8 Å². The molecule has 0 bridgehead atoms. The van der Waals surface area contributed by atoms with Gasteiger partial charge in [-0.1, -0.05) is 42.5 Å². The van der Waals surface area contributed by atoms with Crippen LogP contribution >= 0.6 is 0 Å². The van der Waals surface area contributed by atoms with Gasteiger partial charge in [-0.3, -0.25) is 0 Å². The molecular weight excluding hydrogens is 442 g/mol. The third-order valence-electron chi connectivity index (χ3n) is 6.84. The molecule has 0 fully saturated rings. The van der Waals surface area contributed by atoms with Gasteiger partial charge in [-0.15, -0.1) is 0 Å². The molecule has 0 aliphatic rings. The van der Waals surface area contributed by atoms with Crippen LogP contribution < -0.4 is 0 Å². The van der Waals surface area contributed by atoms with Gasteiger partial charge in [0.1, 0.15) is 11.2 Å². The highest BCUT2D eigenvalue weighted by molar-refractivity contribution is 6.11. The van der Waals surface area contributed by atoms with Crippen molar-refractivity contribution in [2.75, 3.05) is 0 Å². The number of nitriles is 2. The summed E-state index contributed by atoms with van der Waals surface area (Å²) in [7, 11) is 0. The molecule has 166 valence electrons. The zero-order valence-electron chi connectivity index (χ0n) is 19.1. The molecule has 7 aromatic rings. The van der Waals surface area contributed by atoms with Crippen LogP contribution in [0.3, 0.4) is 0 Å². The van der Waals surface area contributed by atoms with E-state index in [0.717, 1.165) is 60.6 Å². The third-order valence-corrected chi connectivity index (χ3v) is 6.84. The van der Waals surface area contributed by atoms with Crippen molar-refractivity contribution < 1.29 is 4.42 Å². The van der Waals surface area contributed by atoms with Crippen molar-refractivity contribution in [2.24, 2.45) is 0 Å². The van der Waals surface area contributed by atoms with Gasteiger partial charge < -0.3 is 8.98 Å². The minimum Gasteiger partial charge on any atom is -0.456 e. The predicted molar refractivity (Wildman–Crippen MR) is 143 cm³/mol. The van der Waals surface area contributed by atoms with Crippen LogP contribution in [-0.4, -0.2) is 4.57 Å². The summed E-state index contributed by atoms with van der Waals surface area (Å²) in [6.45, 7) is 0. The Morgan fingerprint density at radius 1 is 0.528 bits per heavy atom. The van der Waals surface area contributed by atoms with Gasteiger partial charge in [-0.25, -0.2) is 0 Å². The Labute approximate surface area is 206 Å². The lowest BCUT2D eigenvalue weighted by atomic mass is 10.0. The second-order valence-corrected chi connectivity index (χ2v) is 8.88. The van der Waals surface area contributed by atoms with E-state index in [9.17, 15) is 10.5 Å². The Morgan fingerprint density at radius 2 is 1.28 bits per heavy atom. The van der Waals surface area contributed by atoms with E-state index in [2.05, 4.69) is 59.2 Å². The predicted octanol–water partition coefficient (Wildman–Crippen LogP) is 8.09. The highest BCUT2D eigenvalue weighted by atomic mass is 16.3. The fourth-order valence-electron chi connectivity index (χ4n) is 5.17. The van der Waals surface area contributed by atoms with E-state index in [0.29, 0.717) is 11.1 Å². The second-order valence-electron chi connectivity index (χ2n) is 8.88. The van der Waals surface area contributed by atoms with Crippen LogP contribution in [0.5, 0.6) is 0 Å². The summed E-state index contributed by atoms with van der Waals surface area (Å²) < 4.78 is 8.24. The first-order valence-corrected chi connectivity index (χ1v) is 11.6. The number of fused-ring (bicyclic) bond motifs is 6. The number of hydrogen-bond donors (Lipinski definition) is 0. The Morgan fingerprint density at radius 3 is 2.17 bits per heavy atom. The summed E-state index contributed by atoms with van der Waals surface area (Å²) in [5, 5.41) is 23.3. The average Bonchev–Trinajstić information content (AvgIpc) is 3.47. The molecule has 0 atom stereocenters. The SMILES string of the molecule is N#Cc1cccc(-n2c3ccc(-c4ccc5c(c4)oc4ccccc45)cc3c3ccc(C#N)cc32)c1. The van der Waals surface area contributed by atoms with Crippen molar-refractivity contribution in [3.8, 4) is 29.0 Å². The molecule has 5 aromatic carbocycles. The van der Waals surface area contributed by atoms with Gasteiger partial charge in [0.05, 0.1) is 34.3 Å². The monoisotopic (exact) mass is 459 g/mol. The molecule has 36 heavy (non-hydrogen) atoms. The van der Waals surface area contributed by atoms with Crippen LogP contribution in [0.25, 0.3) is 60.6 Å². The molecule has 0 spiro atoms. The standard InChI is InChI=1S/C32H17N3O/c33-18-20-4-3-5-24(14-20)35-29-13-10-22(16-28(29)25-11-8-21(19-34)15-30(25)35)23-9-12-27-26-6-1-2-7-31(26)36-32(27)17-23/h1-17H. The molecule has 0 aliphatic heterocycles. The zero-order chi connectivity index (χ0) is 24.2. The van der Waals surface area contributed by atoms with Gasteiger partial charge in [-0.2, -0.15) is 10.5 Å². The van der Waals surface area contributed by atoms with Crippen LogP contribution in [0.1, 0.15) is 11.1 Å². The number of para-hydroxylation sites is 1. The normalized spacial score (nSPS) is 11.3. The molecule has 0 saturated carbocycles. The summed E-state index contributed by atoms with van der Waals surface area (Å²) in [5.74, 6) is 0. The molecule has 0 N–H and O–H groups in total. The van der Waals surface area contributed by atoms with Crippen LogP contribution in [-0.2, 0) is 0 Å². The quantitative estimate of drug-likeness (QED) is 0.262. The first-order chi connectivity index (χ1) is 17.7. The molecule has 2 heterocycles. The Hall–Kier alpha value is -5.32. The first kappa shape index (κ1) is 20.1. The Bertz CT molecular complexity index is 2080. The molecular formula is C32H17N3O. The largest absolute Gasteiger partial charge is 0.456 e. The number of nitrogens with zero attached hydrogens (tertiary/aromatic N) is 3. The van der Waals surface area contributed by atoms with Crippen molar-refractivity contribution in [1.29, 1.82) is 10.5 Å². The molecule has 0 aliphatic carbocycles. The van der Waals surface area contributed by atoms with E-state index in [1.54, 1.807) is 6.07 Å². The fourth-order valence-corrected chi connectivity index (χ4v) is 5.17. The van der Waals surface area contributed by atoms with Crippen LogP contribution in [0.2, 0.25) is 0 Å². The maximum atomic E-state index is 9.54. The molecule has 0 radical (unpaired) electrons. The average molecular weight is 460 g/mol. The number of benzene rings is 5. The van der Waals surface area contributed by atoms with Crippen molar-refractivity contribution in [1.82, 2.24) is 4.57 Å². The van der Waals surface area contributed by atoms with E-state index in [4.69, 9.17) is 4.42 Å². The van der Waals surface area contributed by atoms with Crippen LogP contribution in [0.4, 0.5) is 0 Å². The van der Waals surface area contributed by atoms with Crippen molar-refractivity contribution in [2.45, 2.75) is 0 Å². The van der Waals surface area contributed by atoms with E-state index in [1.807, 2.05) is 54.6 Å². The summed E-state index contributed by atoms with van der Waals surface area (Å²) >= 11 is 0. The topological polar surface area (TPSA) is 65.7 Å². The van der Waals surface area contributed by atoms with Crippen molar-refractivity contribution >= 4 is 43.7 Å². The smallest absolute Gasteiger partial charge is 0.136 e. The molecule has 2 aromatic heterocycles. The fraction of sp³-hybridized carbons (Fsp3) is 0. The Balaban J connectivity index is 1.48. The molecule has 4 nitrogen and oxygen atoms in total. The van der Waals surface area contributed by atoms with Gasteiger partial charge in [0.2, 0.25) is 0 Å². The lowest BCUT2D eigenvalue weighted by Crippen LogP contribution is -1.94. The maximum absolute atomic E-state index is 9.54. The lowest BCUT2D eigenvalue weighted by molar-refractivity contribution is 0.669. The molecule has 0 unspecified atom stereocenters. The van der Waals surface area contributed by atoms with Gasteiger partial charge in [0.25, 0.3) is 0 Å². The first-order valence-electron chi connectivity index (χ1n) is 11.6. The van der Waals surface area contributed by atoms with E-state index < -0.39 is 0 Å². The minimum atomic E-state index is 0.592.